The van der Waals surface area contributed by atoms with E-state index in [1.54, 1.807) is 35.6 Å². The van der Waals surface area contributed by atoms with Gasteiger partial charge < -0.3 is 9.88 Å². The molecule has 0 aliphatic rings. The Balaban J connectivity index is 1.66. The number of aromatic nitrogens is 3. The number of carbonyl (C=O) groups is 1. The van der Waals surface area contributed by atoms with Crippen molar-refractivity contribution in [2.24, 2.45) is 0 Å². The van der Waals surface area contributed by atoms with Crippen LogP contribution in [0.3, 0.4) is 0 Å². The first-order valence-corrected chi connectivity index (χ1v) is 10.6. The van der Waals surface area contributed by atoms with Gasteiger partial charge in [-0.05, 0) is 23.6 Å². The summed E-state index contributed by atoms with van der Waals surface area (Å²) >= 11 is 15.1. The molecular weight excluding hydrogens is 423 g/mol. The molecule has 0 unspecified atom stereocenters. The molecule has 1 amide bonds. The van der Waals surface area contributed by atoms with E-state index in [0.717, 1.165) is 5.82 Å². The topological polar surface area (TPSA) is 59.8 Å². The number of halogens is 2. The maximum Gasteiger partial charge on any atom is 0.234 e. The van der Waals surface area contributed by atoms with Crippen molar-refractivity contribution in [3.63, 3.8) is 0 Å². The van der Waals surface area contributed by atoms with Crippen LogP contribution in [0.2, 0.25) is 10.0 Å². The fourth-order valence-corrected chi connectivity index (χ4v) is 4.17. The van der Waals surface area contributed by atoms with E-state index in [2.05, 4.69) is 28.2 Å². The molecule has 27 heavy (non-hydrogen) atoms. The zero-order valence-electron chi connectivity index (χ0n) is 14.2. The summed E-state index contributed by atoms with van der Waals surface area (Å²) < 4.78 is 1.97. The van der Waals surface area contributed by atoms with Crippen LogP contribution in [-0.2, 0) is 17.8 Å². The fourth-order valence-electron chi connectivity index (χ4n) is 2.35. The van der Waals surface area contributed by atoms with Crippen LogP contribution in [0.4, 0.5) is 5.69 Å². The van der Waals surface area contributed by atoms with E-state index in [9.17, 15) is 4.79 Å². The van der Waals surface area contributed by atoms with Crippen LogP contribution in [0.1, 0.15) is 10.7 Å². The van der Waals surface area contributed by atoms with Crippen LogP contribution in [-0.4, -0.2) is 26.4 Å². The van der Waals surface area contributed by atoms with Crippen molar-refractivity contribution in [1.29, 1.82) is 0 Å². The van der Waals surface area contributed by atoms with Crippen molar-refractivity contribution in [3.8, 4) is 0 Å². The number of amides is 1. The summed E-state index contributed by atoms with van der Waals surface area (Å²) in [6.45, 7) is 4.38. The molecular formula is C18H16Cl2N4OS2. The molecule has 0 spiro atoms. The molecule has 1 aromatic carbocycles. The number of allylic oxidation sites excluding steroid dienone is 1. The van der Waals surface area contributed by atoms with E-state index >= 15 is 0 Å². The van der Waals surface area contributed by atoms with Crippen LogP contribution < -0.4 is 5.32 Å². The molecule has 0 saturated carbocycles. The van der Waals surface area contributed by atoms with Crippen LogP contribution in [0.15, 0.2) is 53.5 Å². The molecule has 9 heteroatoms. The monoisotopic (exact) mass is 438 g/mol. The van der Waals surface area contributed by atoms with Gasteiger partial charge in [0, 0.05) is 17.8 Å². The zero-order chi connectivity index (χ0) is 19.2. The predicted octanol–water partition coefficient (Wildman–Crippen LogP) is 5.15. The van der Waals surface area contributed by atoms with E-state index in [1.165, 1.54) is 16.6 Å². The highest BCUT2D eigenvalue weighted by Crippen LogP contribution is 2.30. The largest absolute Gasteiger partial charge is 0.324 e. The first-order valence-electron chi connectivity index (χ1n) is 8.00. The smallest absolute Gasteiger partial charge is 0.234 e. The van der Waals surface area contributed by atoms with E-state index < -0.39 is 0 Å². The maximum absolute atomic E-state index is 12.3. The Morgan fingerprint density at radius 1 is 1.30 bits per heavy atom. The Hall–Kier alpha value is -1.80. The average molecular weight is 439 g/mol. The molecule has 2 aromatic heterocycles. The highest BCUT2D eigenvalue weighted by atomic mass is 35.5. The van der Waals surface area contributed by atoms with Gasteiger partial charge in [-0.3, -0.25) is 4.79 Å². The van der Waals surface area contributed by atoms with Gasteiger partial charge in [-0.1, -0.05) is 53.2 Å². The third-order valence-electron chi connectivity index (χ3n) is 3.58. The summed E-state index contributed by atoms with van der Waals surface area (Å²) in [5, 5.41) is 14.7. The van der Waals surface area contributed by atoms with Gasteiger partial charge in [-0.25, -0.2) is 0 Å². The number of hydrogen-bond acceptors (Lipinski definition) is 5. The summed E-state index contributed by atoms with van der Waals surface area (Å²) in [5.41, 5.74) is 0.487. The second kappa shape index (κ2) is 9.41. The Bertz CT molecular complexity index is 941. The normalized spacial score (nSPS) is 10.7. The van der Waals surface area contributed by atoms with Gasteiger partial charge in [-0.2, -0.15) is 0 Å². The minimum atomic E-state index is -0.197. The number of nitrogens with zero attached hydrogens (tertiary/aromatic N) is 3. The van der Waals surface area contributed by atoms with Crippen LogP contribution >= 0.6 is 46.3 Å². The molecule has 0 fully saturated rings. The Morgan fingerprint density at radius 3 is 2.89 bits per heavy atom. The van der Waals surface area contributed by atoms with Crippen molar-refractivity contribution < 1.29 is 4.79 Å². The van der Waals surface area contributed by atoms with Gasteiger partial charge in [0.1, 0.15) is 5.82 Å². The number of rotatable bonds is 8. The quantitative estimate of drug-likeness (QED) is 0.389. The molecule has 0 radical (unpaired) electrons. The number of carbonyl (C=O) groups excluding carboxylic acids is 1. The number of hydrogen-bond donors (Lipinski definition) is 1. The van der Waals surface area contributed by atoms with Crippen molar-refractivity contribution in [2.75, 3.05) is 11.1 Å². The lowest BCUT2D eigenvalue weighted by atomic mass is 10.3. The summed E-state index contributed by atoms with van der Waals surface area (Å²) in [4.78, 5) is 13.5. The first-order chi connectivity index (χ1) is 13.1. The maximum atomic E-state index is 12.3. The number of thioether (sulfide) groups is 1. The SMILES string of the molecule is C=CCn1c(Cc2cccs2)nnc1SCC(=O)Nc1cccc(Cl)c1Cl. The van der Waals surface area contributed by atoms with Crippen LogP contribution in [0, 0.1) is 0 Å². The van der Waals surface area contributed by atoms with Gasteiger partial charge >= 0.3 is 0 Å². The van der Waals surface area contributed by atoms with Crippen molar-refractivity contribution >= 4 is 57.9 Å². The molecule has 3 rings (SSSR count). The zero-order valence-corrected chi connectivity index (χ0v) is 17.3. The van der Waals surface area contributed by atoms with Gasteiger partial charge in [-0.15, -0.1) is 28.1 Å². The van der Waals surface area contributed by atoms with Crippen molar-refractivity contribution in [3.05, 3.63) is 69.1 Å². The lowest BCUT2D eigenvalue weighted by Gasteiger charge is -2.09. The summed E-state index contributed by atoms with van der Waals surface area (Å²) in [5.74, 6) is 0.826. The predicted molar refractivity (Wildman–Crippen MR) is 113 cm³/mol. The lowest BCUT2D eigenvalue weighted by molar-refractivity contribution is -0.113. The second-order valence-electron chi connectivity index (χ2n) is 5.49. The van der Waals surface area contributed by atoms with Gasteiger partial charge in [0.05, 0.1) is 21.5 Å². The standard InChI is InChI=1S/C18H16Cl2N4OS2/c1-2-8-24-15(10-12-5-4-9-26-12)22-23-18(24)27-11-16(25)21-14-7-3-6-13(19)17(14)20/h2-7,9H,1,8,10-11H2,(H,21,25). The Labute approximate surface area is 175 Å². The fraction of sp³-hybridized carbons (Fsp3) is 0.167. The molecule has 1 N–H and O–H groups in total. The lowest BCUT2D eigenvalue weighted by Crippen LogP contribution is -2.15. The van der Waals surface area contributed by atoms with Crippen LogP contribution in [0.5, 0.6) is 0 Å². The number of thiophene rings is 1. The van der Waals surface area contributed by atoms with E-state index in [0.29, 0.717) is 33.9 Å². The van der Waals surface area contributed by atoms with Gasteiger partial charge in [0.25, 0.3) is 0 Å². The second-order valence-corrected chi connectivity index (χ2v) is 8.25. The third-order valence-corrected chi connectivity index (χ3v) is 6.24. The average Bonchev–Trinajstić information content (AvgIpc) is 3.29. The molecule has 0 bridgehead atoms. The minimum Gasteiger partial charge on any atom is -0.324 e. The van der Waals surface area contributed by atoms with Crippen molar-refractivity contribution in [2.45, 2.75) is 18.1 Å². The number of nitrogens with one attached hydrogen (secondary N) is 1. The first kappa shape index (κ1) is 19.9. The molecule has 5 nitrogen and oxygen atoms in total. The Morgan fingerprint density at radius 2 is 2.15 bits per heavy atom. The molecule has 0 atom stereocenters. The van der Waals surface area contributed by atoms with Crippen LogP contribution in [0.25, 0.3) is 0 Å². The highest BCUT2D eigenvalue weighted by Gasteiger charge is 2.15. The summed E-state index contributed by atoms with van der Waals surface area (Å²) in [6.07, 6.45) is 2.49. The Kier molecular flexibility index (Phi) is 6.95. The molecule has 140 valence electrons. The van der Waals surface area contributed by atoms with E-state index in [-0.39, 0.29) is 11.7 Å². The number of benzene rings is 1. The summed E-state index contributed by atoms with van der Waals surface area (Å²) in [7, 11) is 0. The molecule has 0 aliphatic heterocycles. The molecule has 0 saturated heterocycles. The molecule has 2 heterocycles. The van der Waals surface area contributed by atoms with E-state index in [1.807, 2.05) is 16.0 Å². The molecule has 0 aliphatic carbocycles. The highest BCUT2D eigenvalue weighted by molar-refractivity contribution is 7.99. The molecule has 3 aromatic rings. The third kappa shape index (κ3) is 5.13. The summed E-state index contributed by atoms with van der Waals surface area (Å²) in [6, 6.07) is 9.17. The van der Waals surface area contributed by atoms with Gasteiger partial charge in [0.15, 0.2) is 5.16 Å². The minimum absolute atomic E-state index is 0.178. The number of anilines is 1. The van der Waals surface area contributed by atoms with Gasteiger partial charge in [0.2, 0.25) is 5.91 Å². The van der Waals surface area contributed by atoms with Crippen molar-refractivity contribution in [1.82, 2.24) is 14.8 Å². The van der Waals surface area contributed by atoms with E-state index in [4.69, 9.17) is 23.2 Å².